The van der Waals surface area contributed by atoms with Crippen molar-refractivity contribution in [3.63, 3.8) is 0 Å². The van der Waals surface area contributed by atoms with E-state index in [2.05, 4.69) is 10.4 Å². The Hall–Kier alpha value is -2.90. The molecular formula is C24H31FN4O3. The van der Waals surface area contributed by atoms with Crippen LogP contribution in [-0.2, 0) is 17.6 Å². The molecule has 32 heavy (non-hydrogen) atoms. The molecule has 4 rings (SSSR count). The molecule has 1 aromatic heterocycles. The van der Waals surface area contributed by atoms with Crippen molar-refractivity contribution in [2.75, 3.05) is 13.1 Å². The van der Waals surface area contributed by atoms with Crippen molar-refractivity contribution in [3.8, 4) is 5.69 Å². The Morgan fingerprint density at radius 2 is 1.75 bits per heavy atom. The van der Waals surface area contributed by atoms with Crippen molar-refractivity contribution in [2.24, 2.45) is 0 Å². The first-order valence-corrected chi connectivity index (χ1v) is 11.4. The molecule has 2 heterocycles. The van der Waals surface area contributed by atoms with Gasteiger partial charge in [0.05, 0.1) is 5.69 Å². The molecule has 172 valence electrons. The lowest BCUT2D eigenvalue weighted by Crippen LogP contribution is -2.48. The lowest BCUT2D eigenvalue weighted by molar-refractivity contribution is 0.0199. The molecule has 0 spiro atoms. The van der Waals surface area contributed by atoms with Gasteiger partial charge in [0.25, 0.3) is 5.91 Å². The number of piperidine rings is 1. The van der Waals surface area contributed by atoms with Crippen LogP contribution in [-0.4, -0.2) is 51.4 Å². The Morgan fingerprint density at radius 3 is 2.41 bits per heavy atom. The molecule has 1 aliphatic carbocycles. The van der Waals surface area contributed by atoms with Gasteiger partial charge in [-0.15, -0.1) is 0 Å². The van der Waals surface area contributed by atoms with E-state index < -0.39 is 5.60 Å². The molecule has 7 nitrogen and oxygen atoms in total. The Kier molecular flexibility index (Phi) is 6.22. The monoisotopic (exact) mass is 442 g/mol. The summed E-state index contributed by atoms with van der Waals surface area (Å²) in [4.78, 5) is 27.1. The van der Waals surface area contributed by atoms with E-state index in [0.717, 1.165) is 42.6 Å². The van der Waals surface area contributed by atoms with Gasteiger partial charge in [0.2, 0.25) is 0 Å². The van der Waals surface area contributed by atoms with Gasteiger partial charge in [0, 0.05) is 30.4 Å². The first-order chi connectivity index (χ1) is 15.2. The largest absolute Gasteiger partial charge is 0.444 e. The number of benzene rings is 1. The number of hydrogen-bond acceptors (Lipinski definition) is 4. The lowest BCUT2D eigenvalue weighted by atomic mass is 9.95. The number of amides is 2. The van der Waals surface area contributed by atoms with Crippen LogP contribution in [0.1, 0.15) is 68.2 Å². The molecule has 1 N–H and O–H groups in total. The third-order valence-corrected chi connectivity index (χ3v) is 5.95. The molecule has 8 heteroatoms. The second kappa shape index (κ2) is 8.92. The number of fused-ring (bicyclic) bond motifs is 1. The van der Waals surface area contributed by atoms with Gasteiger partial charge in [-0.05, 0) is 83.6 Å². The van der Waals surface area contributed by atoms with Crippen molar-refractivity contribution in [3.05, 3.63) is 47.0 Å². The second-order valence-corrected chi connectivity index (χ2v) is 9.58. The van der Waals surface area contributed by atoms with Crippen molar-refractivity contribution >= 4 is 12.0 Å². The van der Waals surface area contributed by atoms with Crippen LogP contribution in [0.3, 0.4) is 0 Å². The number of carbonyl (C=O) groups is 2. The number of nitrogens with one attached hydrogen (secondary N) is 1. The lowest BCUT2D eigenvalue weighted by Gasteiger charge is -2.33. The Labute approximate surface area is 187 Å². The summed E-state index contributed by atoms with van der Waals surface area (Å²) >= 11 is 0. The molecule has 2 amide bonds. The zero-order valence-corrected chi connectivity index (χ0v) is 19.0. The molecule has 1 aliphatic heterocycles. The zero-order chi connectivity index (χ0) is 22.9. The van der Waals surface area contributed by atoms with Gasteiger partial charge >= 0.3 is 6.09 Å². The van der Waals surface area contributed by atoms with Crippen molar-refractivity contribution in [2.45, 2.75) is 70.9 Å². The topological polar surface area (TPSA) is 76.5 Å². The number of rotatable bonds is 3. The molecule has 2 aliphatic rings. The zero-order valence-electron chi connectivity index (χ0n) is 19.0. The molecule has 0 atom stereocenters. The average Bonchev–Trinajstić information content (AvgIpc) is 3.13. The summed E-state index contributed by atoms with van der Waals surface area (Å²) in [6, 6.07) is 6.17. The normalized spacial score (nSPS) is 17.1. The van der Waals surface area contributed by atoms with E-state index in [4.69, 9.17) is 4.74 Å². The first kappa shape index (κ1) is 22.3. The Balaban J connectivity index is 1.44. The molecule has 1 aromatic carbocycles. The third-order valence-electron chi connectivity index (χ3n) is 5.95. The number of hydrogen-bond donors (Lipinski definition) is 1. The van der Waals surface area contributed by atoms with Crippen molar-refractivity contribution in [1.29, 1.82) is 0 Å². The van der Waals surface area contributed by atoms with Crippen molar-refractivity contribution in [1.82, 2.24) is 20.0 Å². The van der Waals surface area contributed by atoms with E-state index in [1.807, 2.05) is 20.8 Å². The minimum Gasteiger partial charge on any atom is -0.444 e. The first-order valence-electron chi connectivity index (χ1n) is 11.4. The number of nitrogens with zero attached hydrogens (tertiary/aromatic N) is 3. The smallest absolute Gasteiger partial charge is 0.410 e. The predicted octanol–water partition coefficient (Wildman–Crippen LogP) is 4.02. The predicted molar refractivity (Wildman–Crippen MR) is 118 cm³/mol. The summed E-state index contributed by atoms with van der Waals surface area (Å²) < 4.78 is 20.6. The molecular weight excluding hydrogens is 411 g/mol. The van der Waals surface area contributed by atoms with Gasteiger partial charge in [0.1, 0.15) is 11.4 Å². The highest BCUT2D eigenvalue weighted by molar-refractivity contribution is 5.94. The van der Waals surface area contributed by atoms with Gasteiger partial charge in [-0.25, -0.2) is 13.9 Å². The quantitative estimate of drug-likeness (QED) is 0.779. The van der Waals surface area contributed by atoms with E-state index in [9.17, 15) is 14.0 Å². The summed E-state index contributed by atoms with van der Waals surface area (Å²) in [6.07, 6.45) is 4.77. The fourth-order valence-electron chi connectivity index (χ4n) is 4.36. The fraction of sp³-hybridized carbons (Fsp3) is 0.542. The van der Waals surface area contributed by atoms with Gasteiger partial charge in [-0.3, -0.25) is 4.79 Å². The number of aromatic nitrogens is 2. The van der Waals surface area contributed by atoms with E-state index >= 15 is 0 Å². The Morgan fingerprint density at radius 1 is 1.09 bits per heavy atom. The molecule has 0 saturated carbocycles. The van der Waals surface area contributed by atoms with Crippen LogP contribution in [0.2, 0.25) is 0 Å². The minimum absolute atomic E-state index is 0.0172. The van der Waals surface area contributed by atoms with Crippen LogP contribution in [0.4, 0.5) is 9.18 Å². The fourth-order valence-corrected chi connectivity index (χ4v) is 4.36. The van der Waals surface area contributed by atoms with Crippen LogP contribution >= 0.6 is 0 Å². The number of carbonyl (C=O) groups excluding carboxylic acids is 2. The maximum atomic E-state index is 13.4. The van der Waals surface area contributed by atoms with Gasteiger partial charge in [-0.1, -0.05) is 0 Å². The Bertz CT molecular complexity index is 986. The summed E-state index contributed by atoms with van der Waals surface area (Å²) in [7, 11) is 0. The van der Waals surface area contributed by atoms with E-state index in [0.29, 0.717) is 31.6 Å². The van der Waals surface area contributed by atoms with Gasteiger partial charge < -0.3 is 15.0 Å². The highest BCUT2D eigenvalue weighted by Crippen LogP contribution is 2.27. The van der Waals surface area contributed by atoms with Crippen LogP contribution < -0.4 is 5.32 Å². The molecule has 1 saturated heterocycles. The maximum Gasteiger partial charge on any atom is 0.410 e. The summed E-state index contributed by atoms with van der Waals surface area (Å²) in [6.45, 7) is 6.64. The summed E-state index contributed by atoms with van der Waals surface area (Å²) in [5.74, 6) is -0.481. The van der Waals surface area contributed by atoms with E-state index in [1.54, 1.807) is 21.7 Å². The van der Waals surface area contributed by atoms with Gasteiger partial charge in [-0.2, -0.15) is 5.10 Å². The van der Waals surface area contributed by atoms with E-state index in [1.165, 1.54) is 12.1 Å². The van der Waals surface area contributed by atoms with E-state index in [-0.39, 0.29) is 23.9 Å². The average molecular weight is 443 g/mol. The van der Waals surface area contributed by atoms with Crippen LogP contribution in [0, 0.1) is 5.82 Å². The van der Waals surface area contributed by atoms with Gasteiger partial charge in [0.15, 0.2) is 5.69 Å². The standard InChI is InChI=1S/C24H31FN4O3/c1-24(2,3)32-23(31)28-14-12-17(13-15-28)26-22(30)21-19-6-4-5-7-20(19)29(27-21)18-10-8-16(25)9-11-18/h8-11,17H,4-7,12-15H2,1-3H3,(H,26,30). The molecule has 1 fully saturated rings. The molecule has 0 radical (unpaired) electrons. The number of halogens is 1. The maximum absolute atomic E-state index is 13.4. The second-order valence-electron chi connectivity index (χ2n) is 9.58. The van der Waals surface area contributed by atoms with Crippen LogP contribution in [0.25, 0.3) is 5.69 Å². The van der Waals surface area contributed by atoms with Crippen LogP contribution in [0.15, 0.2) is 24.3 Å². The third kappa shape index (κ3) is 4.95. The molecule has 0 bridgehead atoms. The molecule has 0 unspecified atom stereocenters. The number of ether oxygens (including phenoxy) is 1. The molecule has 2 aromatic rings. The summed E-state index contributed by atoms with van der Waals surface area (Å²) in [5, 5.41) is 7.75. The highest BCUT2D eigenvalue weighted by Gasteiger charge is 2.30. The van der Waals surface area contributed by atoms with Crippen molar-refractivity contribution < 1.29 is 18.7 Å². The number of likely N-dealkylation sites (tertiary alicyclic amines) is 1. The highest BCUT2D eigenvalue weighted by atomic mass is 19.1. The summed E-state index contributed by atoms with van der Waals surface area (Å²) in [5.41, 5.74) is 2.72. The minimum atomic E-state index is -0.523. The van der Waals surface area contributed by atoms with Crippen LogP contribution in [0.5, 0.6) is 0 Å². The SMILES string of the molecule is CC(C)(C)OC(=O)N1CCC(NC(=O)c2nn(-c3ccc(F)cc3)c3c2CCCC3)CC1.